The molecule has 0 bridgehead atoms. The van der Waals surface area contributed by atoms with Crippen LogP contribution in [0.3, 0.4) is 0 Å². The van der Waals surface area contributed by atoms with Crippen LogP contribution in [-0.4, -0.2) is 0 Å². The van der Waals surface area contributed by atoms with Crippen molar-refractivity contribution < 1.29 is 0 Å². The predicted molar refractivity (Wildman–Crippen MR) is 84.8 cm³/mol. The van der Waals surface area contributed by atoms with E-state index in [9.17, 15) is 0 Å². The molecular weight excluding hydrogens is 236 g/mol. The smallest absolute Gasteiger partial charge is 0.0105 e. The first kappa shape index (κ1) is 15.8. The Kier molecular flexibility index (Phi) is 5.46. The first-order valence-corrected chi connectivity index (χ1v) is 8.20. The number of unbranched alkanes of at least 4 members (excludes halogenated alkanes) is 3. The highest BCUT2D eigenvalue weighted by Crippen LogP contribution is 2.38. The summed E-state index contributed by atoms with van der Waals surface area (Å²) in [5.74, 6) is 0. The van der Waals surface area contributed by atoms with E-state index in [0.29, 0.717) is 10.8 Å². The third-order valence-corrected chi connectivity index (χ3v) is 5.54. The van der Waals surface area contributed by atoms with Crippen molar-refractivity contribution in [3.8, 4) is 0 Å². The van der Waals surface area contributed by atoms with Gasteiger partial charge in [0.05, 0.1) is 0 Å². The molecule has 0 fully saturated rings. The molecule has 104 valence electrons. The Morgan fingerprint density at radius 1 is 0.889 bits per heavy atom. The third kappa shape index (κ3) is 4.42. The van der Waals surface area contributed by atoms with Crippen molar-refractivity contribution in [2.24, 2.45) is 0 Å². The van der Waals surface area contributed by atoms with E-state index in [1.165, 1.54) is 37.0 Å². The number of hydrogen-bond donors (Lipinski definition) is 0. The van der Waals surface area contributed by atoms with Gasteiger partial charge >= 0.3 is 0 Å². The van der Waals surface area contributed by atoms with Crippen molar-refractivity contribution in [3.05, 3.63) is 21.9 Å². The minimum absolute atomic E-state index is 0.293. The van der Waals surface area contributed by atoms with E-state index in [4.69, 9.17) is 0 Å². The Bertz CT molecular complexity index is 352. The molecule has 0 saturated carbocycles. The molecule has 1 heterocycles. The van der Waals surface area contributed by atoms with Gasteiger partial charge in [-0.15, -0.1) is 11.3 Å². The van der Waals surface area contributed by atoms with Gasteiger partial charge in [0.15, 0.2) is 0 Å². The maximum atomic E-state index is 2.40. The van der Waals surface area contributed by atoms with Crippen molar-refractivity contribution in [3.63, 3.8) is 0 Å². The average Bonchev–Trinajstić information content (AvgIpc) is 2.73. The van der Waals surface area contributed by atoms with Crippen LogP contribution in [0.5, 0.6) is 0 Å². The second kappa shape index (κ2) is 6.23. The van der Waals surface area contributed by atoms with Crippen molar-refractivity contribution >= 4 is 11.3 Å². The monoisotopic (exact) mass is 266 g/mol. The summed E-state index contributed by atoms with van der Waals surface area (Å²) < 4.78 is 0. The lowest BCUT2D eigenvalue weighted by molar-refractivity contribution is 0.453. The highest BCUT2D eigenvalue weighted by atomic mass is 32.1. The van der Waals surface area contributed by atoms with Gasteiger partial charge in [0.1, 0.15) is 0 Å². The van der Waals surface area contributed by atoms with Gasteiger partial charge in [-0.05, 0) is 29.4 Å². The van der Waals surface area contributed by atoms with E-state index in [1.807, 2.05) is 11.3 Å². The van der Waals surface area contributed by atoms with Crippen molar-refractivity contribution in [1.82, 2.24) is 0 Å². The molecule has 18 heavy (non-hydrogen) atoms. The van der Waals surface area contributed by atoms with Gasteiger partial charge in [-0.1, -0.05) is 67.2 Å². The summed E-state index contributed by atoms with van der Waals surface area (Å²) in [6.45, 7) is 14.0. The highest BCUT2D eigenvalue weighted by molar-refractivity contribution is 7.12. The molecule has 0 nitrogen and oxygen atoms in total. The van der Waals surface area contributed by atoms with Gasteiger partial charge in [0.25, 0.3) is 0 Å². The molecular formula is C17H30S. The van der Waals surface area contributed by atoms with E-state index >= 15 is 0 Å². The van der Waals surface area contributed by atoms with Crippen LogP contribution in [0.15, 0.2) is 12.1 Å². The lowest BCUT2D eigenvalue weighted by atomic mass is 9.85. The van der Waals surface area contributed by atoms with E-state index in [2.05, 4.69) is 53.7 Å². The first-order valence-electron chi connectivity index (χ1n) is 7.38. The fourth-order valence-electron chi connectivity index (χ4n) is 2.22. The molecule has 0 aliphatic rings. The summed E-state index contributed by atoms with van der Waals surface area (Å²) in [5, 5.41) is 0. The maximum Gasteiger partial charge on any atom is 0.0105 e. The van der Waals surface area contributed by atoms with Gasteiger partial charge in [-0.3, -0.25) is 0 Å². The molecule has 0 aliphatic heterocycles. The molecule has 0 N–H and O–H groups in total. The van der Waals surface area contributed by atoms with E-state index in [-0.39, 0.29) is 0 Å². The SMILES string of the molecule is CCCCCCC(C)(C)c1ccc(C(C)(C)C)s1. The van der Waals surface area contributed by atoms with Gasteiger partial charge in [0.2, 0.25) is 0 Å². The lowest BCUT2D eigenvalue weighted by Gasteiger charge is -2.24. The summed E-state index contributed by atoms with van der Waals surface area (Å²) in [6.07, 6.45) is 6.78. The molecule has 1 heteroatoms. The zero-order chi connectivity index (χ0) is 13.8. The van der Waals surface area contributed by atoms with Crippen LogP contribution < -0.4 is 0 Å². The predicted octanol–water partition coefficient (Wildman–Crippen LogP) is 6.29. The van der Waals surface area contributed by atoms with Crippen LogP contribution in [0.2, 0.25) is 0 Å². The Morgan fingerprint density at radius 3 is 2.00 bits per heavy atom. The van der Waals surface area contributed by atoms with Gasteiger partial charge < -0.3 is 0 Å². The van der Waals surface area contributed by atoms with Crippen LogP contribution in [0.4, 0.5) is 0 Å². The molecule has 1 aromatic rings. The Balaban J connectivity index is 2.64. The fraction of sp³-hybridized carbons (Fsp3) is 0.765. The molecule has 0 aliphatic carbocycles. The first-order chi connectivity index (χ1) is 8.27. The third-order valence-electron chi connectivity index (χ3n) is 3.67. The van der Waals surface area contributed by atoms with Gasteiger partial charge in [-0.25, -0.2) is 0 Å². The highest BCUT2D eigenvalue weighted by Gasteiger charge is 2.24. The molecule has 1 aromatic heterocycles. The summed E-state index contributed by atoms with van der Waals surface area (Å²) in [5.41, 5.74) is 0.642. The summed E-state index contributed by atoms with van der Waals surface area (Å²) in [4.78, 5) is 3.07. The number of thiophene rings is 1. The largest absolute Gasteiger partial charge is 0.144 e. The standard InChI is InChI=1S/C17H30S/c1-7-8-9-10-13-17(5,6)15-12-11-14(18-15)16(2,3)4/h11-12H,7-10,13H2,1-6H3. The summed E-state index contributed by atoms with van der Waals surface area (Å²) in [7, 11) is 0. The van der Waals surface area contributed by atoms with Gasteiger partial charge in [-0.2, -0.15) is 0 Å². The zero-order valence-electron chi connectivity index (χ0n) is 13.1. The van der Waals surface area contributed by atoms with E-state index in [0.717, 1.165) is 0 Å². The second-order valence-corrected chi connectivity index (χ2v) is 8.19. The van der Waals surface area contributed by atoms with Crippen molar-refractivity contribution in [2.75, 3.05) is 0 Å². The Morgan fingerprint density at radius 2 is 1.50 bits per heavy atom. The molecule has 0 amide bonds. The van der Waals surface area contributed by atoms with Crippen LogP contribution in [0.25, 0.3) is 0 Å². The lowest BCUT2D eigenvalue weighted by Crippen LogP contribution is -2.15. The van der Waals surface area contributed by atoms with Crippen LogP contribution >= 0.6 is 11.3 Å². The summed E-state index contributed by atoms with van der Waals surface area (Å²) in [6, 6.07) is 4.68. The number of hydrogen-bond acceptors (Lipinski definition) is 1. The topological polar surface area (TPSA) is 0 Å². The Labute approximate surface area is 118 Å². The molecule has 0 saturated heterocycles. The Hall–Kier alpha value is -0.300. The minimum Gasteiger partial charge on any atom is -0.144 e. The fourth-order valence-corrected chi connectivity index (χ4v) is 3.42. The zero-order valence-corrected chi connectivity index (χ0v) is 13.9. The average molecular weight is 266 g/mol. The molecule has 0 unspecified atom stereocenters. The molecule has 0 spiro atoms. The number of rotatable bonds is 6. The molecule has 0 radical (unpaired) electrons. The maximum absolute atomic E-state index is 2.40. The van der Waals surface area contributed by atoms with E-state index in [1.54, 1.807) is 4.88 Å². The minimum atomic E-state index is 0.293. The normalized spacial score (nSPS) is 13.0. The molecule has 0 atom stereocenters. The van der Waals surface area contributed by atoms with Crippen molar-refractivity contribution in [1.29, 1.82) is 0 Å². The quantitative estimate of drug-likeness (QED) is 0.530. The molecule has 1 rings (SSSR count). The molecule has 0 aromatic carbocycles. The summed E-state index contributed by atoms with van der Waals surface area (Å²) >= 11 is 2.01. The van der Waals surface area contributed by atoms with Crippen molar-refractivity contribution in [2.45, 2.75) is 84.5 Å². The van der Waals surface area contributed by atoms with Gasteiger partial charge in [0, 0.05) is 9.75 Å². The van der Waals surface area contributed by atoms with E-state index < -0.39 is 0 Å². The second-order valence-electron chi connectivity index (χ2n) is 7.11. The van der Waals surface area contributed by atoms with Crippen LogP contribution in [0.1, 0.15) is 83.4 Å². The van der Waals surface area contributed by atoms with Crippen LogP contribution in [-0.2, 0) is 10.8 Å². The van der Waals surface area contributed by atoms with Crippen LogP contribution in [0, 0.1) is 0 Å².